The lowest BCUT2D eigenvalue weighted by Crippen LogP contribution is -2.59. The van der Waals surface area contributed by atoms with E-state index in [1.807, 2.05) is 131 Å². The Balaban J connectivity index is 0.977. The fourth-order valence-corrected chi connectivity index (χ4v) is 9.61. The number of ketones is 1. The van der Waals surface area contributed by atoms with E-state index in [1.54, 1.807) is 13.0 Å². The number of aromatic nitrogens is 3. The molecule has 7 rings (SSSR count). The Kier molecular flexibility index (Phi) is 19.1. The highest BCUT2D eigenvalue weighted by atomic mass is 16.6. The van der Waals surface area contributed by atoms with Crippen molar-refractivity contribution in [2.24, 2.45) is 11.8 Å². The number of nitrogens with one attached hydrogen (secondary N) is 4. The Morgan fingerprint density at radius 1 is 0.632 bits per heavy atom. The molecule has 2 fully saturated rings. The number of piperazine rings is 1. The third-order valence-corrected chi connectivity index (χ3v) is 14.0. The van der Waals surface area contributed by atoms with Crippen molar-refractivity contribution >= 4 is 29.4 Å². The van der Waals surface area contributed by atoms with Crippen molar-refractivity contribution < 1.29 is 44.0 Å². The van der Waals surface area contributed by atoms with Crippen molar-refractivity contribution in [2.45, 2.75) is 123 Å². The van der Waals surface area contributed by atoms with Crippen LogP contribution in [0.25, 0.3) is 17.1 Å². The number of amides is 4. The minimum Gasteiger partial charge on any atom is -0.508 e. The molecule has 3 heterocycles. The first kappa shape index (κ1) is 56.6. The average molecular weight is 1040 g/mol. The van der Waals surface area contributed by atoms with Gasteiger partial charge in [0, 0.05) is 45.2 Å². The minimum absolute atomic E-state index is 0.0310. The number of hydrogen-bond donors (Lipinski definition) is 7. The van der Waals surface area contributed by atoms with E-state index in [4.69, 9.17) is 4.74 Å². The van der Waals surface area contributed by atoms with Crippen LogP contribution in [0.2, 0.25) is 0 Å². The molecule has 406 valence electrons. The van der Waals surface area contributed by atoms with E-state index >= 15 is 0 Å². The number of nitrogens with zero attached hydrogens (tertiary/aromatic N) is 5. The van der Waals surface area contributed by atoms with E-state index in [2.05, 4.69) is 36.4 Å². The third-order valence-electron chi connectivity index (χ3n) is 14.0. The van der Waals surface area contributed by atoms with Crippen molar-refractivity contribution in [3.63, 3.8) is 0 Å². The van der Waals surface area contributed by atoms with Gasteiger partial charge in [0.2, 0.25) is 23.6 Å². The summed E-state index contributed by atoms with van der Waals surface area (Å²) in [5, 5.41) is 51.7. The largest absolute Gasteiger partial charge is 0.508 e. The van der Waals surface area contributed by atoms with Gasteiger partial charge in [-0.15, -0.1) is 5.10 Å². The number of benzene rings is 4. The monoisotopic (exact) mass is 1040 g/mol. The van der Waals surface area contributed by atoms with Crippen molar-refractivity contribution in [1.29, 1.82) is 0 Å². The molecule has 2 aliphatic heterocycles. The summed E-state index contributed by atoms with van der Waals surface area (Å²) in [6, 6.07) is 25.2. The van der Waals surface area contributed by atoms with Crippen LogP contribution in [0, 0.1) is 11.8 Å². The molecule has 18 heteroatoms. The molecule has 1 aromatic heterocycles. The molecule has 2 aliphatic rings. The number of Topliss-reactive ketones (excluding diaryl/α,β-unsaturated/α-hetero) is 1. The predicted molar refractivity (Wildman–Crippen MR) is 289 cm³/mol. The topological polar surface area (TPSA) is 244 Å². The van der Waals surface area contributed by atoms with E-state index in [0.29, 0.717) is 62.4 Å². The summed E-state index contributed by atoms with van der Waals surface area (Å²) in [7, 11) is 0. The van der Waals surface area contributed by atoms with Crippen LogP contribution in [-0.4, -0.2) is 138 Å². The van der Waals surface area contributed by atoms with Crippen molar-refractivity contribution in [2.75, 3.05) is 39.3 Å². The Morgan fingerprint density at radius 3 is 1.79 bits per heavy atom. The van der Waals surface area contributed by atoms with Crippen LogP contribution in [0.15, 0.2) is 97.1 Å². The summed E-state index contributed by atoms with van der Waals surface area (Å²) in [4.78, 5) is 74.6. The molecular formula is C58H75N9O9. The number of ether oxygens (including phenoxy) is 1. The number of phenols is 2. The standard InChI is InChI=1S/C58H75N9O9/c1-36(2)28-46(52(71)58(7)35-76-58)60-56(74)48(30-40-16-12-9-13-17-40)62-55(73)47(29-37(3)4)61-54(72)45(23-20-39-14-10-8-11-15-39)59-51(70)34-66-26-24-65(25-27-66)33-41-18-21-42(22-19-41)67-53(63-64-57(67)75)44-31-43(38(5)6)49(68)32-50(44)69/h8-19,21-22,31-32,36-38,45-48,68-69H,20,23-30,33-35H2,1-7H3,(H,59,70)(H,60,74)(H,61,72)(H,62,73)(H,64,75). The van der Waals surface area contributed by atoms with Crippen LogP contribution in [-0.2, 0) is 48.1 Å². The first-order valence-electron chi connectivity index (χ1n) is 26.5. The van der Waals surface area contributed by atoms with Crippen LogP contribution in [0.4, 0.5) is 0 Å². The maximum absolute atomic E-state index is 14.4. The number of aryl methyl sites for hydroxylation is 1. The second-order valence-electron chi connectivity index (χ2n) is 21.6. The van der Waals surface area contributed by atoms with Gasteiger partial charge in [0.15, 0.2) is 11.6 Å². The lowest BCUT2D eigenvalue weighted by Gasteiger charge is -2.34. The fourth-order valence-electron chi connectivity index (χ4n) is 9.61. The molecule has 5 unspecified atom stereocenters. The SMILES string of the molecule is CC(C)CC(NC(=O)C(CCc1ccccc1)NC(=O)CN1CCN(Cc2ccc(-n3c(O)nnc3-c3cc(C(C)C)c(O)cc3O)cc2)CC1)C(=O)NC(Cc1ccccc1)C(=O)NC(CC(C)C)C(=O)C1(C)CO1. The zero-order valence-electron chi connectivity index (χ0n) is 44.8. The van der Waals surface area contributed by atoms with Gasteiger partial charge < -0.3 is 41.3 Å². The first-order chi connectivity index (χ1) is 36.3. The predicted octanol–water partition coefficient (Wildman–Crippen LogP) is 5.56. The van der Waals surface area contributed by atoms with Gasteiger partial charge >= 0.3 is 6.01 Å². The molecule has 5 aromatic rings. The number of epoxide rings is 1. The first-order valence-corrected chi connectivity index (χ1v) is 26.5. The fraction of sp³-hybridized carbons (Fsp3) is 0.466. The second-order valence-corrected chi connectivity index (χ2v) is 21.6. The number of carbonyl (C=O) groups excluding carboxylic acids is 5. The van der Waals surface area contributed by atoms with Gasteiger partial charge in [-0.1, -0.05) is 119 Å². The second kappa shape index (κ2) is 25.6. The summed E-state index contributed by atoms with van der Waals surface area (Å²) in [5.74, 6) is -2.11. The molecule has 0 spiro atoms. The van der Waals surface area contributed by atoms with Gasteiger partial charge in [0.25, 0.3) is 0 Å². The lowest BCUT2D eigenvalue weighted by atomic mass is 9.93. The molecular weight excluding hydrogens is 967 g/mol. The van der Waals surface area contributed by atoms with Crippen molar-refractivity contribution in [1.82, 2.24) is 45.8 Å². The van der Waals surface area contributed by atoms with Crippen LogP contribution in [0.1, 0.15) is 95.9 Å². The van der Waals surface area contributed by atoms with Crippen LogP contribution < -0.4 is 21.3 Å². The molecule has 2 saturated heterocycles. The Labute approximate surface area is 445 Å². The maximum Gasteiger partial charge on any atom is 0.319 e. The summed E-state index contributed by atoms with van der Waals surface area (Å²) >= 11 is 0. The zero-order chi connectivity index (χ0) is 54.7. The maximum atomic E-state index is 14.4. The van der Waals surface area contributed by atoms with Gasteiger partial charge in [0.05, 0.1) is 30.4 Å². The highest BCUT2D eigenvalue weighted by molar-refractivity contribution is 5.99. The molecule has 4 amide bonds. The van der Waals surface area contributed by atoms with E-state index in [1.165, 1.54) is 10.6 Å². The summed E-state index contributed by atoms with van der Waals surface area (Å²) in [5.41, 5.74) is 3.36. The summed E-state index contributed by atoms with van der Waals surface area (Å²) < 4.78 is 6.89. The molecule has 7 N–H and O–H groups in total. The Bertz CT molecular complexity index is 2770. The number of aromatic hydroxyl groups is 3. The number of phenolic OH excluding ortho intramolecular Hbond substituents is 2. The van der Waals surface area contributed by atoms with Gasteiger partial charge in [0.1, 0.15) is 35.2 Å². The smallest absolute Gasteiger partial charge is 0.319 e. The van der Waals surface area contributed by atoms with Crippen LogP contribution in [0.5, 0.6) is 17.5 Å². The van der Waals surface area contributed by atoms with Gasteiger partial charge in [-0.3, -0.25) is 33.8 Å². The van der Waals surface area contributed by atoms with E-state index < -0.39 is 47.5 Å². The number of rotatable bonds is 25. The Morgan fingerprint density at radius 2 is 1.18 bits per heavy atom. The van der Waals surface area contributed by atoms with E-state index in [-0.39, 0.29) is 85.2 Å². The summed E-state index contributed by atoms with van der Waals surface area (Å²) in [6.07, 6.45) is 1.55. The van der Waals surface area contributed by atoms with Gasteiger partial charge in [-0.05, 0) is 90.8 Å². The highest BCUT2D eigenvalue weighted by Gasteiger charge is 2.50. The molecule has 76 heavy (non-hydrogen) atoms. The van der Waals surface area contributed by atoms with Gasteiger partial charge in [-0.2, -0.15) is 0 Å². The lowest BCUT2D eigenvalue weighted by molar-refractivity contribution is -0.135. The molecule has 18 nitrogen and oxygen atoms in total. The zero-order valence-corrected chi connectivity index (χ0v) is 44.8. The Hall–Kier alpha value is -7.15. The quantitative estimate of drug-likeness (QED) is 0.0355. The third kappa shape index (κ3) is 15.3. The van der Waals surface area contributed by atoms with Crippen molar-refractivity contribution in [3.8, 4) is 34.6 Å². The van der Waals surface area contributed by atoms with E-state index in [0.717, 1.165) is 16.7 Å². The summed E-state index contributed by atoms with van der Waals surface area (Å²) in [6.45, 7) is 16.9. The molecule has 0 saturated carbocycles. The molecule has 0 bridgehead atoms. The minimum atomic E-state index is -1.07. The van der Waals surface area contributed by atoms with Crippen molar-refractivity contribution in [3.05, 3.63) is 119 Å². The van der Waals surface area contributed by atoms with E-state index in [9.17, 15) is 39.3 Å². The van der Waals surface area contributed by atoms with Crippen LogP contribution >= 0.6 is 0 Å². The molecule has 5 atom stereocenters. The van der Waals surface area contributed by atoms with Crippen LogP contribution in [0.3, 0.4) is 0 Å². The average Bonchev–Trinajstić information content (AvgIpc) is 4.03. The molecule has 0 aliphatic carbocycles. The van der Waals surface area contributed by atoms with Gasteiger partial charge in [-0.25, -0.2) is 4.57 Å². The highest BCUT2D eigenvalue weighted by Crippen LogP contribution is 2.39. The number of hydrogen-bond acceptors (Lipinski definition) is 13. The normalized spacial score (nSPS) is 17.4. The number of carbonyl (C=O) groups is 5. The molecule has 0 radical (unpaired) electrons. The molecule has 4 aromatic carbocycles.